The molecule has 1 unspecified atom stereocenters. The van der Waals surface area contributed by atoms with Crippen LogP contribution in [0.2, 0.25) is 0 Å². The number of rotatable bonds is 5. The number of carbonyl (C=O) groups is 3. The number of hydrogen-bond acceptors (Lipinski definition) is 5. The van der Waals surface area contributed by atoms with Crippen LogP contribution in [-0.2, 0) is 14.4 Å². The summed E-state index contributed by atoms with van der Waals surface area (Å²) in [6.07, 6.45) is 9.12. The summed E-state index contributed by atoms with van der Waals surface area (Å²) in [4.78, 5) is 42.5. The molecular weight excluding hydrogens is 418 g/mol. The molecule has 1 aliphatic carbocycles. The topological polar surface area (TPSA) is 90.0 Å². The van der Waals surface area contributed by atoms with Crippen molar-refractivity contribution in [2.75, 3.05) is 25.0 Å². The summed E-state index contributed by atoms with van der Waals surface area (Å²) in [5, 5.41) is 12.5. The SMILES string of the molecule is CC(=O)Nc1ccc(C2=C(N3CCCC(CO)C3)C(=O)N(C3CCCCCCC3)C2=O)cc1. The molecule has 1 atom stereocenters. The van der Waals surface area contributed by atoms with Crippen LogP contribution in [0.4, 0.5) is 5.69 Å². The molecule has 2 fully saturated rings. The molecule has 1 saturated carbocycles. The number of aliphatic hydroxyl groups is 1. The summed E-state index contributed by atoms with van der Waals surface area (Å²) in [6, 6.07) is 7.09. The number of hydrogen-bond donors (Lipinski definition) is 2. The number of likely N-dealkylation sites (tertiary alicyclic amines) is 1. The molecule has 4 rings (SSSR count). The first kappa shape index (κ1) is 23.5. The molecule has 3 aliphatic rings. The van der Waals surface area contributed by atoms with Gasteiger partial charge in [-0.3, -0.25) is 19.3 Å². The summed E-state index contributed by atoms with van der Waals surface area (Å²) in [7, 11) is 0. The van der Waals surface area contributed by atoms with E-state index in [1.165, 1.54) is 18.2 Å². The molecule has 0 aromatic heterocycles. The minimum atomic E-state index is -0.209. The highest BCUT2D eigenvalue weighted by atomic mass is 16.3. The highest BCUT2D eigenvalue weighted by molar-refractivity contribution is 6.35. The van der Waals surface area contributed by atoms with E-state index in [1.807, 2.05) is 4.90 Å². The van der Waals surface area contributed by atoms with Gasteiger partial charge in [0.15, 0.2) is 0 Å². The monoisotopic (exact) mass is 453 g/mol. The minimum Gasteiger partial charge on any atom is -0.396 e. The van der Waals surface area contributed by atoms with Crippen LogP contribution < -0.4 is 5.32 Å². The Labute approximate surface area is 195 Å². The fraction of sp³-hybridized carbons (Fsp3) is 0.577. The van der Waals surface area contributed by atoms with Gasteiger partial charge in [-0.05, 0) is 49.3 Å². The van der Waals surface area contributed by atoms with Crippen molar-refractivity contribution in [2.45, 2.75) is 70.8 Å². The van der Waals surface area contributed by atoms with Gasteiger partial charge in [0, 0.05) is 38.3 Å². The largest absolute Gasteiger partial charge is 0.396 e. The van der Waals surface area contributed by atoms with Crippen molar-refractivity contribution in [2.24, 2.45) is 5.92 Å². The maximum atomic E-state index is 13.8. The molecule has 1 aromatic carbocycles. The number of nitrogens with zero attached hydrogens (tertiary/aromatic N) is 2. The zero-order valence-corrected chi connectivity index (χ0v) is 19.5. The van der Waals surface area contributed by atoms with Crippen LogP contribution in [-0.4, -0.2) is 58.4 Å². The first-order valence-corrected chi connectivity index (χ1v) is 12.4. The van der Waals surface area contributed by atoms with Crippen molar-refractivity contribution in [3.05, 3.63) is 35.5 Å². The van der Waals surface area contributed by atoms with Gasteiger partial charge in [0.05, 0.1) is 5.57 Å². The lowest BCUT2D eigenvalue weighted by Gasteiger charge is -2.35. The Kier molecular flexibility index (Phi) is 7.48. The van der Waals surface area contributed by atoms with Gasteiger partial charge in [-0.1, -0.05) is 44.2 Å². The lowest BCUT2D eigenvalue weighted by molar-refractivity contribution is -0.141. The van der Waals surface area contributed by atoms with Crippen LogP contribution in [0.25, 0.3) is 5.57 Å². The van der Waals surface area contributed by atoms with Crippen LogP contribution in [0.15, 0.2) is 30.0 Å². The van der Waals surface area contributed by atoms with E-state index in [1.54, 1.807) is 24.3 Å². The van der Waals surface area contributed by atoms with Gasteiger partial charge in [-0.25, -0.2) is 0 Å². The molecule has 1 saturated heterocycles. The second-order valence-corrected chi connectivity index (χ2v) is 9.60. The van der Waals surface area contributed by atoms with E-state index in [2.05, 4.69) is 5.32 Å². The minimum absolute atomic E-state index is 0.0603. The normalized spacial score (nSPS) is 23.0. The van der Waals surface area contributed by atoms with Crippen molar-refractivity contribution >= 4 is 29.0 Å². The number of imide groups is 1. The number of amides is 3. The van der Waals surface area contributed by atoms with Crippen LogP contribution in [0.3, 0.4) is 0 Å². The van der Waals surface area contributed by atoms with Crippen molar-refractivity contribution in [1.29, 1.82) is 0 Å². The standard InChI is InChI=1S/C26H35N3O4/c1-18(31)27-21-13-11-20(12-14-21)23-24(28-15-7-8-19(16-28)17-30)26(33)29(25(23)32)22-9-5-3-2-4-6-10-22/h11-14,19,22,30H,2-10,15-17H2,1H3,(H,27,31). The molecule has 3 amide bonds. The molecule has 7 heteroatoms. The molecule has 2 N–H and O–H groups in total. The Morgan fingerprint density at radius 3 is 2.27 bits per heavy atom. The lowest BCUT2D eigenvalue weighted by atomic mass is 9.95. The molecule has 0 radical (unpaired) electrons. The van der Waals surface area contributed by atoms with Gasteiger partial charge in [-0.15, -0.1) is 0 Å². The molecule has 2 heterocycles. The number of benzene rings is 1. The Morgan fingerprint density at radius 2 is 1.64 bits per heavy atom. The predicted molar refractivity (Wildman–Crippen MR) is 127 cm³/mol. The van der Waals surface area contributed by atoms with E-state index in [-0.39, 0.29) is 36.3 Å². The third-order valence-electron chi connectivity index (χ3n) is 7.12. The molecule has 1 aromatic rings. The third-order valence-corrected chi connectivity index (χ3v) is 7.12. The molecule has 2 aliphatic heterocycles. The van der Waals surface area contributed by atoms with Crippen LogP contribution >= 0.6 is 0 Å². The summed E-state index contributed by atoms with van der Waals surface area (Å²) in [6.45, 7) is 2.82. The second-order valence-electron chi connectivity index (χ2n) is 9.60. The molecular formula is C26H35N3O4. The summed E-state index contributed by atoms with van der Waals surface area (Å²) < 4.78 is 0. The fourth-order valence-electron chi connectivity index (χ4n) is 5.45. The first-order chi connectivity index (χ1) is 16.0. The number of anilines is 1. The zero-order valence-electron chi connectivity index (χ0n) is 19.5. The number of nitrogens with one attached hydrogen (secondary N) is 1. The highest BCUT2D eigenvalue weighted by Gasteiger charge is 2.45. The van der Waals surface area contributed by atoms with E-state index < -0.39 is 0 Å². The van der Waals surface area contributed by atoms with Gasteiger partial charge < -0.3 is 15.3 Å². The Balaban J connectivity index is 1.70. The van der Waals surface area contributed by atoms with Gasteiger partial charge >= 0.3 is 0 Å². The molecule has 0 bridgehead atoms. The predicted octanol–water partition coefficient (Wildman–Crippen LogP) is 3.54. The first-order valence-electron chi connectivity index (χ1n) is 12.4. The average molecular weight is 454 g/mol. The van der Waals surface area contributed by atoms with Gasteiger partial charge in [0.25, 0.3) is 11.8 Å². The van der Waals surface area contributed by atoms with Gasteiger partial charge in [-0.2, -0.15) is 0 Å². The molecule has 33 heavy (non-hydrogen) atoms. The quantitative estimate of drug-likeness (QED) is 0.666. The van der Waals surface area contributed by atoms with Crippen molar-refractivity contribution in [3.63, 3.8) is 0 Å². The summed E-state index contributed by atoms with van der Waals surface area (Å²) in [5.74, 6) is -0.453. The van der Waals surface area contributed by atoms with E-state index in [4.69, 9.17) is 0 Å². The molecule has 178 valence electrons. The maximum absolute atomic E-state index is 13.8. The number of aliphatic hydroxyl groups excluding tert-OH is 1. The Morgan fingerprint density at radius 1 is 0.970 bits per heavy atom. The van der Waals surface area contributed by atoms with Crippen LogP contribution in [0, 0.1) is 5.92 Å². The van der Waals surface area contributed by atoms with Crippen LogP contribution in [0.5, 0.6) is 0 Å². The lowest BCUT2D eigenvalue weighted by Crippen LogP contribution is -2.44. The van der Waals surface area contributed by atoms with E-state index in [9.17, 15) is 19.5 Å². The van der Waals surface area contributed by atoms with Crippen molar-refractivity contribution in [1.82, 2.24) is 9.80 Å². The maximum Gasteiger partial charge on any atom is 0.278 e. The van der Waals surface area contributed by atoms with Gasteiger partial charge in [0.1, 0.15) is 5.70 Å². The van der Waals surface area contributed by atoms with Crippen molar-refractivity contribution in [3.8, 4) is 0 Å². The Hall–Kier alpha value is -2.67. The average Bonchev–Trinajstić information content (AvgIpc) is 3.04. The summed E-state index contributed by atoms with van der Waals surface area (Å²) in [5.41, 5.74) is 2.28. The fourth-order valence-corrected chi connectivity index (χ4v) is 5.45. The highest BCUT2D eigenvalue weighted by Crippen LogP contribution is 2.37. The summed E-state index contributed by atoms with van der Waals surface area (Å²) >= 11 is 0. The van der Waals surface area contributed by atoms with E-state index in [0.717, 1.165) is 51.4 Å². The zero-order chi connectivity index (χ0) is 23.4. The van der Waals surface area contributed by atoms with Gasteiger partial charge in [0.2, 0.25) is 5.91 Å². The van der Waals surface area contributed by atoms with Crippen LogP contribution in [0.1, 0.15) is 70.3 Å². The molecule has 0 spiro atoms. The molecule has 7 nitrogen and oxygen atoms in total. The van der Waals surface area contributed by atoms with Crippen molar-refractivity contribution < 1.29 is 19.5 Å². The smallest absolute Gasteiger partial charge is 0.278 e. The second kappa shape index (κ2) is 10.5. The Bertz CT molecular complexity index is 916. The third kappa shape index (κ3) is 5.13. The number of carbonyl (C=O) groups excluding carboxylic acids is 3. The van der Waals surface area contributed by atoms with E-state index >= 15 is 0 Å². The number of piperidine rings is 1. The van der Waals surface area contributed by atoms with E-state index in [0.29, 0.717) is 35.6 Å².